The first-order chi connectivity index (χ1) is 9.28. The molecule has 0 amide bonds. The second-order valence-electron chi connectivity index (χ2n) is 4.89. The number of rotatable bonds is 3. The second kappa shape index (κ2) is 7.30. The Kier molecular flexibility index (Phi) is 5.41. The number of morpholine rings is 1. The van der Waals surface area contributed by atoms with E-state index in [0.29, 0.717) is 12.5 Å². The molecule has 102 valence electrons. The Hall–Kier alpha value is -1.34. The summed E-state index contributed by atoms with van der Waals surface area (Å²) in [5, 5.41) is 8.67. The van der Waals surface area contributed by atoms with Gasteiger partial charge in [-0.3, -0.25) is 4.90 Å². The zero-order valence-electron chi connectivity index (χ0n) is 11.4. The maximum absolute atomic E-state index is 8.67. The molecule has 0 aliphatic carbocycles. The number of aliphatic hydroxyl groups is 1. The molecule has 0 radical (unpaired) electrons. The summed E-state index contributed by atoms with van der Waals surface area (Å²) in [6, 6.07) is 8.35. The van der Waals surface area contributed by atoms with Crippen molar-refractivity contribution in [3.8, 4) is 11.8 Å². The molecule has 1 atom stereocenters. The van der Waals surface area contributed by atoms with Gasteiger partial charge in [0, 0.05) is 31.6 Å². The van der Waals surface area contributed by atoms with Crippen LogP contribution < -0.4 is 0 Å². The number of nitrogens with zero attached hydrogens (tertiary/aromatic N) is 1. The fourth-order valence-electron chi connectivity index (χ4n) is 2.21. The molecule has 1 heterocycles. The minimum atomic E-state index is 0.125. The van der Waals surface area contributed by atoms with Crippen molar-refractivity contribution in [2.24, 2.45) is 0 Å². The summed E-state index contributed by atoms with van der Waals surface area (Å²) in [5.74, 6) is 5.97. The Labute approximate surface area is 115 Å². The van der Waals surface area contributed by atoms with Crippen LogP contribution in [0, 0.1) is 11.8 Å². The molecule has 1 N–H and O–H groups in total. The van der Waals surface area contributed by atoms with Crippen molar-refractivity contribution < 1.29 is 9.84 Å². The standard InChI is InChI=1S/C16H21NO2/c1-14-12-17(9-11-19-14)13-16-7-5-15(6-8-16)4-2-3-10-18/h5-8,14,18H,3,9-13H2,1H3. The second-order valence-corrected chi connectivity index (χ2v) is 4.89. The largest absolute Gasteiger partial charge is 0.395 e. The van der Waals surface area contributed by atoms with E-state index in [9.17, 15) is 0 Å². The molecule has 1 saturated heterocycles. The van der Waals surface area contributed by atoms with Gasteiger partial charge in [0.1, 0.15) is 0 Å². The van der Waals surface area contributed by atoms with E-state index in [1.54, 1.807) is 0 Å². The number of ether oxygens (including phenoxy) is 1. The summed E-state index contributed by atoms with van der Waals surface area (Å²) in [4.78, 5) is 2.42. The van der Waals surface area contributed by atoms with Crippen molar-refractivity contribution >= 4 is 0 Å². The Morgan fingerprint density at radius 1 is 1.37 bits per heavy atom. The van der Waals surface area contributed by atoms with Gasteiger partial charge in [0.25, 0.3) is 0 Å². The molecule has 1 fully saturated rings. The Balaban J connectivity index is 1.90. The molecule has 0 bridgehead atoms. The predicted octanol–water partition coefficient (Wildman–Crippen LogP) is 1.64. The van der Waals surface area contributed by atoms with Gasteiger partial charge in [-0.15, -0.1) is 0 Å². The van der Waals surface area contributed by atoms with Crippen LogP contribution in [0.2, 0.25) is 0 Å². The van der Waals surface area contributed by atoms with Crippen LogP contribution in [0.1, 0.15) is 24.5 Å². The van der Waals surface area contributed by atoms with Crippen LogP contribution in [-0.2, 0) is 11.3 Å². The lowest BCUT2D eigenvalue weighted by molar-refractivity contribution is -0.0212. The van der Waals surface area contributed by atoms with Gasteiger partial charge in [-0.05, 0) is 24.6 Å². The number of hydrogen-bond acceptors (Lipinski definition) is 3. The fraction of sp³-hybridized carbons (Fsp3) is 0.500. The average molecular weight is 259 g/mol. The van der Waals surface area contributed by atoms with Crippen molar-refractivity contribution in [3.63, 3.8) is 0 Å². The zero-order chi connectivity index (χ0) is 13.5. The number of aliphatic hydroxyl groups excluding tert-OH is 1. The van der Waals surface area contributed by atoms with Crippen LogP contribution in [0.25, 0.3) is 0 Å². The van der Waals surface area contributed by atoms with Crippen molar-refractivity contribution in [1.29, 1.82) is 0 Å². The summed E-state index contributed by atoms with van der Waals surface area (Å²) in [6.07, 6.45) is 0.866. The third kappa shape index (κ3) is 4.68. The molecular weight excluding hydrogens is 238 g/mol. The van der Waals surface area contributed by atoms with Crippen LogP contribution >= 0.6 is 0 Å². The summed E-state index contributed by atoms with van der Waals surface area (Å²) >= 11 is 0. The number of hydrogen-bond donors (Lipinski definition) is 1. The molecule has 1 aromatic rings. The highest BCUT2D eigenvalue weighted by atomic mass is 16.5. The van der Waals surface area contributed by atoms with E-state index in [-0.39, 0.29) is 6.61 Å². The highest BCUT2D eigenvalue weighted by molar-refractivity contribution is 5.36. The van der Waals surface area contributed by atoms with E-state index in [0.717, 1.165) is 31.8 Å². The number of benzene rings is 1. The van der Waals surface area contributed by atoms with Crippen LogP contribution in [0.15, 0.2) is 24.3 Å². The molecule has 3 nitrogen and oxygen atoms in total. The lowest BCUT2D eigenvalue weighted by Gasteiger charge is -2.31. The van der Waals surface area contributed by atoms with E-state index >= 15 is 0 Å². The topological polar surface area (TPSA) is 32.7 Å². The van der Waals surface area contributed by atoms with Gasteiger partial charge in [-0.2, -0.15) is 0 Å². The van der Waals surface area contributed by atoms with Gasteiger partial charge >= 0.3 is 0 Å². The highest BCUT2D eigenvalue weighted by Crippen LogP contribution is 2.11. The molecule has 19 heavy (non-hydrogen) atoms. The van der Waals surface area contributed by atoms with E-state index in [2.05, 4.69) is 35.8 Å². The summed E-state index contributed by atoms with van der Waals surface area (Å²) in [5.41, 5.74) is 2.31. The maximum Gasteiger partial charge on any atom is 0.0674 e. The van der Waals surface area contributed by atoms with Gasteiger partial charge in [-0.1, -0.05) is 24.0 Å². The predicted molar refractivity (Wildman–Crippen MR) is 75.7 cm³/mol. The van der Waals surface area contributed by atoms with Gasteiger partial charge in [0.2, 0.25) is 0 Å². The fourth-order valence-corrected chi connectivity index (χ4v) is 2.21. The van der Waals surface area contributed by atoms with E-state index in [1.165, 1.54) is 5.56 Å². The quantitative estimate of drug-likeness (QED) is 0.838. The van der Waals surface area contributed by atoms with E-state index < -0.39 is 0 Å². The van der Waals surface area contributed by atoms with Crippen LogP contribution in [0.5, 0.6) is 0 Å². The molecule has 0 saturated carbocycles. The summed E-state index contributed by atoms with van der Waals surface area (Å²) in [7, 11) is 0. The van der Waals surface area contributed by atoms with Crippen molar-refractivity contribution in [3.05, 3.63) is 35.4 Å². The third-order valence-corrected chi connectivity index (χ3v) is 3.15. The lowest BCUT2D eigenvalue weighted by atomic mass is 10.1. The van der Waals surface area contributed by atoms with E-state index in [1.807, 2.05) is 12.1 Å². The van der Waals surface area contributed by atoms with Gasteiger partial charge in [-0.25, -0.2) is 0 Å². The summed E-state index contributed by atoms with van der Waals surface area (Å²) < 4.78 is 5.54. The van der Waals surface area contributed by atoms with Crippen molar-refractivity contribution in [2.75, 3.05) is 26.3 Å². The molecule has 2 rings (SSSR count). The molecule has 0 aromatic heterocycles. The molecule has 1 aliphatic heterocycles. The van der Waals surface area contributed by atoms with Gasteiger partial charge in [0.05, 0.1) is 19.3 Å². The van der Waals surface area contributed by atoms with Crippen LogP contribution in [0.4, 0.5) is 0 Å². The first kappa shape index (κ1) is 14.1. The Bertz CT molecular complexity index is 444. The normalized spacial score (nSPS) is 19.8. The molecule has 1 aromatic carbocycles. The minimum Gasteiger partial charge on any atom is -0.395 e. The van der Waals surface area contributed by atoms with Crippen LogP contribution in [-0.4, -0.2) is 42.4 Å². The average Bonchev–Trinajstić information content (AvgIpc) is 2.41. The molecule has 3 heteroatoms. The molecule has 1 aliphatic rings. The van der Waals surface area contributed by atoms with Gasteiger partial charge < -0.3 is 9.84 Å². The molecular formula is C16H21NO2. The third-order valence-electron chi connectivity index (χ3n) is 3.15. The van der Waals surface area contributed by atoms with Crippen molar-refractivity contribution in [2.45, 2.75) is 26.0 Å². The Morgan fingerprint density at radius 2 is 2.16 bits per heavy atom. The Morgan fingerprint density at radius 3 is 2.84 bits per heavy atom. The lowest BCUT2D eigenvalue weighted by Crippen LogP contribution is -2.40. The highest BCUT2D eigenvalue weighted by Gasteiger charge is 2.16. The van der Waals surface area contributed by atoms with Crippen molar-refractivity contribution in [1.82, 2.24) is 4.90 Å². The maximum atomic E-state index is 8.67. The monoisotopic (exact) mass is 259 g/mol. The molecule has 0 spiro atoms. The zero-order valence-corrected chi connectivity index (χ0v) is 11.4. The first-order valence-corrected chi connectivity index (χ1v) is 6.80. The molecule has 1 unspecified atom stereocenters. The smallest absolute Gasteiger partial charge is 0.0674 e. The van der Waals surface area contributed by atoms with Gasteiger partial charge in [0.15, 0.2) is 0 Å². The summed E-state index contributed by atoms with van der Waals surface area (Å²) in [6.45, 7) is 6.04. The SMILES string of the molecule is CC1CN(Cc2ccc(C#CCCO)cc2)CCO1. The van der Waals surface area contributed by atoms with Crippen LogP contribution in [0.3, 0.4) is 0 Å². The minimum absolute atomic E-state index is 0.125. The first-order valence-electron chi connectivity index (χ1n) is 6.80. The van der Waals surface area contributed by atoms with E-state index in [4.69, 9.17) is 9.84 Å².